The molecule has 1 rings (SSSR count). The Morgan fingerprint density at radius 3 is 1.74 bits per heavy atom. The van der Waals surface area contributed by atoms with E-state index >= 15 is 0 Å². The SMILES string of the molecule is CCC[CH2][Sn]([CH2]CCC)([CH2]CCC)[CH2]c1ccccc1CC#N. The van der Waals surface area contributed by atoms with Crippen molar-refractivity contribution in [2.45, 2.75) is 83.5 Å². The van der Waals surface area contributed by atoms with Crippen LogP contribution in [0.1, 0.15) is 70.4 Å². The molecule has 0 aromatic heterocycles. The summed E-state index contributed by atoms with van der Waals surface area (Å²) in [6.45, 7) is 7.00. The van der Waals surface area contributed by atoms with Gasteiger partial charge in [0.15, 0.2) is 0 Å². The van der Waals surface area contributed by atoms with Crippen molar-refractivity contribution in [1.82, 2.24) is 0 Å². The summed E-state index contributed by atoms with van der Waals surface area (Å²) in [6, 6.07) is 11.1. The molecule has 1 aromatic rings. The first-order chi connectivity index (χ1) is 11.2. The third-order valence-corrected chi connectivity index (χ3v) is 20.5. The number of unbranched alkanes of at least 4 members (excludes halogenated alkanes) is 3. The van der Waals surface area contributed by atoms with Crippen molar-refractivity contribution in [3.63, 3.8) is 0 Å². The third-order valence-electron chi connectivity index (χ3n) is 5.14. The quantitative estimate of drug-likeness (QED) is 0.346. The molecule has 1 nitrogen and oxygen atoms in total. The molecular formula is C21H35NSn. The molecule has 0 amide bonds. The van der Waals surface area contributed by atoms with Crippen LogP contribution in [-0.4, -0.2) is 18.4 Å². The van der Waals surface area contributed by atoms with Crippen molar-refractivity contribution < 1.29 is 0 Å². The molecule has 0 spiro atoms. The van der Waals surface area contributed by atoms with Crippen molar-refractivity contribution in [2.24, 2.45) is 0 Å². The molecular weight excluding hydrogens is 385 g/mol. The Morgan fingerprint density at radius 1 is 0.826 bits per heavy atom. The molecule has 0 saturated carbocycles. The van der Waals surface area contributed by atoms with Crippen LogP contribution in [0.2, 0.25) is 13.3 Å². The second kappa shape index (κ2) is 12.0. The maximum atomic E-state index is 9.13. The summed E-state index contributed by atoms with van der Waals surface area (Å²) >= 11 is -2.14. The molecule has 0 unspecified atom stereocenters. The summed E-state index contributed by atoms with van der Waals surface area (Å²) in [5, 5.41) is 9.13. The molecule has 1 aromatic carbocycles. The zero-order valence-corrected chi connectivity index (χ0v) is 18.4. The molecule has 0 aliphatic rings. The van der Waals surface area contributed by atoms with E-state index in [1.807, 2.05) is 0 Å². The van der Waals surface area contributed by atoms with E-state index in [1.54, 1.807) is 13.3 Å². The van der Waals surface area contributed by atoms with E-state index < -0.39 is 18.4 Å². The monoisotopic (exact) mass is 421 g/mol. The van der Waals surface area contributed by atoms with Crippen molar-refractivity contribution in [3.05, 3.63) is 35.4 Å². The molecule has 0 bridgehead atoms. The van der Waals surface area contributed by atoms with Crippen LogP contribution in [0.3, 0.4) is 0 Å². The van der Waals surface area contributed by atoms with Crippen LogP contribution in [0.5, 0.6) is 0 Å². The van der Waals surface area contributed by atoms with Crippen LogP contribution in [0.25, 0.3) is 0 Å². The van der Waals surface area contributed by atoms with Crippen LogP contribution >= 0.6 is 0 Å². The molecule has 0 fully saturated rings. The summed E-state index contributed by atoms with van der Waals surface area (Å²) in [6.07, 6.45) is 8.83. The molecule has 0 heterocycles. The number of nitriles is 1. The number of hydrogen-bond donors (Lipinski definition) is 0. The summed E-state index contributed by atoms with van der Waals surface area (Å²) in [5.74, 6) is 0. The minimum absolute atomic E-state index is 0.577. The molecule has 0 N–H and O–H groups in total. The Morgan fingerprint density at radius 2 is 1.30 bits per heavy atom. The van der Waals surface area contributed by atoms with Crippen LogP contribution in [0.15, 0.2) is 24.3 Å². The zero-order valence-electron chi connectivity index (χ0n) is 15.5. The topological polar surface area (TPSA) is 23.8 Å². The van der Waals surface area contributed by atoms with Crippen LogP contribution in [0, 0.1) is 11.3 Å². The first-order valence-electron chi connectivity index (χ1n) is 9.65. The normalized spacial score (nSPS) is 11.4. The van der Waals surface area contributed by atoms with Gasteiger partial charge in [0.25, 0.3) is 0 Å². The third kappa shape index (κ3) is 7.29. The van der Waals surface area contributed by atoms with Crippen LogP contribution in [0.4, 0.5) is 0 Å². The Labute approximate surface area is 148 Å². The number of benzene rings is 1. The van der Waals surface area contributed by atoms with Gasteiger partial charge in [-0.1, -0.05) is 0 Å². The zero-order chi connectivity index (χ0) is 17.0. The van der Waals surface area contributed by atoms with E-state index in [0.29, 0.717) is 6.42 Å². The van der Waals surface area contributed by atoms with Gasteiger partial charge in [-0.05, 0) is 0 Å². The first-order valence-corrected chi connectivity index (χ1v) is 17.7. The predicted molar refractivity (Wildman–Crippen MR) is 104 cm³/mol. The first kappa shape index (κ1) is 20.6. The molecule has 23 heavy (non-hydrogen) atoms. The molecule has 2 heteroatoms. The summed E-state index contributed by atoms with van der Waals surface area (Å²) in [7, 11) is 0. The second-order valence-electron chi connectivity index (χ2n) is 7.09. The number of rotatable bonds is 12. The Bertz CT molecular complexity index is 453. The van der Waals surface area contributed by atoms with Gasteiger partial charge >= 0.3 is 149 Å². The Hall–Kier alpha value is -0.491. The van der Waals surface area contributed by atoms with E-state index in [4.69, 9.17) is 5.26 Å². The second-order valence-corrected chi connectivity index (χ2v) is 20.9. The van der Waals surface area contributed by atoms with Gasteiger partial charge in [0.05, 0.1) is 0 Å². The minimum atomic E-state index is -2.14. The van der Waals surface area contributed by atoms with Crippen molar-refractivity contribution in [3.8, 4) is 6.07 Å². The van der Waals surface area contributed by atoms with Crippen LogP contribution in [-0.2, 0) is 10.9 Å². The van der Waals surface area contributed by atoms with Gasteiger partial charge in [-0.2, -0.15) is 0 Å². The van der Waals surface area contributed by atoms with Gasteiger partial charge in [-0.3, -0.25) is 0 Å². The number of nitrogens with zero attached hydrogens (tertiary/aromatic N) is 1. The van der Waals surface area contributed by atoms with Gasteiger partial charge in [0.1, 0.15) is 0 Å². The molecule has 0 saturated heterocycles. The van der Waals surface area contributed by atoms with Crippen molar-refractivity contribution in [1.29, 1.82) is 5.26 Å². The molecule has 0 atom stereocenters. The molecule has 0 radical (unpaired) electrons. The standard InChI is InChI=1S/C9H8N.3C4H9.Sn/c1-8-4-2-3-5-9(8)6-7-10;3*1-3-4-2;/h2-5H,1,6H2;3*1,3-4H2,2H3;. The van der Waals surface area contributed by atoms with E-state index in [-0.39, 0.29) is 0 Å². The average Bonchev–Trinajstić information content (AvgIpc) is 2.58. The van der Waals surface area contributed by atoms with E-state index in [0.717, 1.165) is 0 Å². The van der Waals surface area contributed by atoms with Gasteiger partial charge in [-0.15, -0.1) is 0 Å². The van der Waals surface area contributed by atoms with Gasteiger partial charge < -0.3 is 0 Å². The van der Waals surface area contributed by atoms with Gasteiger partial charge in [0.2, 0.25) is 0 Å². The van der Waals surface area contributed by atoms with Crippen molar-refractivity contribution in [2.75, 3.05) is 0 Å². The molecule has 128 valence electrons. The van der Waals surface area contributed by atoms with Crippen molar-refractivity contribution >= 4 is 18.4 Å². The molecule has 0 aliphatic carbocycles. The van der Waals surface area contributed by atoms with Gasteiger partial charge in [0, 0.05) is 0 Å². The Balaban J connectivity index is 3.03. The van der Waals surface area contributed by atoms with Crippen LogP contribution < -0.4 is 0 Å². The fraction of sp³-hybridized carbons (Fsp3) is 0.667. The maximum absolute atomic E-state index is 9.13. The van der Waals surface area contributed by atoms with Gasteiger partial charge in [-0.25, -0.2) is 0 Å². The predicted octanol–water partition coefficient (Wildman–Crippen LogP) is 6.68. The fourth-order valence-electron chi connectivity index (χ4n) is 3.69. The summed E-state index contributed by atoms with van der Waals surface area (Å²) < 4.78 is 6.01. The summed E-state index contributed by atoms with van der Waals surface area (Å²) in [4.78, 5) is 0. The Kier molecular flexibility index (Phi) is 10.7. The number of hydrogen-bond acceptors (Lipinski definition) is 1. The average molecular weight is 420 g/mol. The van der Waals surface area contributed by atoms with E-state index in [1.165, 1.54) is 54.1 Å². The fourth-order valence-corrected chi connectivity index (χ4v) is 20.1. The summed E-state index contributed by atoms with van der Waals surface area (Å²) in [5.41, 5.74) is 2.80. The van der Waals surface area contributed by atoms with E-state index in [9.17, 15) is 0 Å². The van der Waals surface area contributed by atoms with E-state index in [2.05, 4.69) is 51.1 Å². The molecule has 0 aliphatic heterocycles.